The minimum absolute atomic E-state index is 0.203. The van der Waals surface area contributed by atoms with Gasteiger partial charge in [0.25, 0.3) is 0 Å². The van der Waals surface area contributed by atoms with Gasteiger partial charge in [-0.2, -0.15) is 4.31 Å². The maximum atomic E-state index is 13.1. The van der Waals surface area contributed by atoms with Gasteiger partial charge in [-0.25, -0.2) is 13.2 Å². The van der Waals surface area contributed by atoms with Gasteiger partial charge in [0.1, 0.15) is 5.75 Å². The Labute approximate surface area is 228 Å². The first-order chi connectivity index (χ1) is 18.3. The molecule has 8 nitrogen and oxygen atoms in total. The summed E-state index contributed by atoms with van der Waals surface area (Å²) in [4.78, 5) is 14.1. The molecule has 38 heavy (non-hydrogen) atoms. The molecule has 0 aliphatic carbocycles. The molecule has 0 saturated carbocycles. The minimum Gasteiger partial charge on any atom is -0.497 e. The van der Waals surface area contributed by atoms with E-state index in [1.807, 2.05) is 36.4 Å². The molecular weight excluding hydrogens is 528 g/mol. The summed E-state index contributed by atoms with van der Waals surface area (Å²) in [6.07, 6.45) is -0.276. The molecule has 202 valence electrons. The lowest BCUT2D eigenvalue weighted by Crippen LogP contribution is -2.49. The molecular formula is C28H31ClN2O6S. The van der Waals surface area contributed by atoms with Crippen molar-refractivity contribution in [1.29, 1.82) is 0 Å². The molecule has 1 aliphatic heterocycles. The second-order valence-electron chi connectivity index (χ2n) is 8.93. The van der Waals surface area contributed by atoms with Crippen LogP contribution in [0.15, 0.2) is 77.7 Å². The number of hydrogen-bond acceptors (Lipinski definition) is 7. The Morgan fingerprint density at radius 1 is 0.947 bits per heavy atom. The van der Waals surface area contributed by atoms with Crippen molar-refractivity contribution in [2.45, 2.75) is 17.6 Å². The van der Waals surface area contributed by atoms with Crippen molar-refractivity contribution in [1.82, 2.24) is 9.21 Å². The Balaban J connectivity index is 1.43. The average molecular weight is 559 g/mol. The molecule has 1 atom stereocenters. The first-order valence-corrected chi connectivity index (χ1v) is 14.0. The fraction of sp³-hybridized carbons (Fsp3) is 0.321. The van der Waals surface area contributed by atoms with Crippen LogP contribution in [-0.2, 0) is 26.1 Å². The number of halogens is 1. The maximum Gasteiger partial charge on any atom is 0.337 e. The number of carbonyl (C=O) groups is 1. The van der Waals surface area contributed by atoms with Crippen molar-refractivity contribution < 1.29 is 27.4 Å². The Hall–Kier alpha value is -2.95. The zero-order valence-electron chi connectivity index (χ0n) is 21.4. The summed E-state index contributed by atoms with van der Waals surface area (Å²) >= 11 is 6.02. The molecule has 1 fully saturated rings. The molecule has 3 aromatic carbocycles. The van der Waals surface area contributed by atoms with Gasteiger partial charge in [0, 0.05) is 37.7 Å². The van der Waals surface area contributed by atoms with Gasteiger partial charge in [-0.3, -0.25) is 4.90 Å². The summed E-state index contributed by atoms with van der Waals surface area (Å²) in [5, 5.41) is 0.392. The predicted octanol–water partition coefficient (Wildman–Crippen LogP) is 4.40. The van der Waals surface area contributed by atoms with E-state index in [2.05, 4.69) is 4.90 Å². The Morgan fingerprint density at radius 3 is 2.32 bits per heavy atom. The zero-order chi connectivity index (χ0) is 27.1. The number of rotatable bonds is 10. The summed E-state index contributed by atoms with van der Waals surface area (Å²) < 4.78 is 44.2. The van der Waals surface area contributed by atoms with Crippen molar-refractivity contribution in [3.63, 3.8) is 0 Å². The molecule has 10 heteroatoms. The lowest BCUT2D eigenvalue weighted by atomic mass is 10.1. The third kappa shape index (κ3) is 6.92. The van der Waals surface area contributed by atoms with Gasteiger partial charge >= 0.3 is 5.97 Å². The highest BCUT2D eigenvalue weighted by atomic mass is 35.5. The first-order valence-electron chi connectivity index (χ1n) is 12.2. The average Bonchev–Trinajstić information content (AvgIpc) is 2.95. The normalized spacial score (nSPS) is 15.7. The summed E-state index contributed by atoms with van der Waals surface area (Å²) in [6, 6.07) is 21.2. The van der Waals surface area contributed by atoms with Gasteiger partial charge < -0.3 is 14.2 Å². The molecule has 0 N–H and O–H groups in total. The van der Waals surface area contributed by atoms with E-state index in [0.717, 1.165) is 16.9 Å². The minimum atomic E-state index is -3.61. The molecule has 1 saturated heterocycles. The number of hydrogen-bond donors (Lipinski definition) is 0. The van der Waals surface area contributed by atoms with E-state index in [1.54, 1.807) is 37.4 Å². The second kappa shape index (κ2) is 12.7. The number of ether oxygens (including phenoxy) is 3. The predicted molar refractivity (Wildman–Crippen MR) is 145 cm³/mol. The van der Waals surface area contributed by atoms with E-state index >= 15 is 0 Å². The SMILES string of the molecule is COC(=O)c1ccc(CO[C@@H](CN2CCN(S(=O)(=O)c3cccc(Cl)c3)CC2)c2cccc(OC)c2)cc1. The molecule has 3 aromatic rings. The third-order valence-corrected chi connectivity index (χ3v) is 8.61. The van der Waals surface area contributed by atoms with Crippen LogP contribution in [-0.4, -0.2) is 70.5 Å². The highest BCUT2D eigenvalue weighted by Gasteiger charge is 2.30. The summed E-state index contributed by atoms with van der Waals surface area (Å²) in [6.45, 7) is 2.79. The maximum absolute atomic E-state index is 13.1. The lowest BCUT2D eigenvalue weighted by molar-refractivity contribution is 0.00761. The monoisotopic (exact) mass is 558 g/mol. The number of piperazine rings is 1. The molecule has 1 aliphatic rings. The van der Waals surface area contributed by atoms with Crippen molar-refractivity contribution in [3.05, 3.63) is 94.5 Å². The molecule has 0 bridgehead atoms. The van der Waals surface area contributed by atoms with Crippen molar-refractivity contribution >= 4 is 27.6 Å². The van der Waals surface area contributed by atoms with E-state index in [9.17, 15) is 13.2 Å². The van der Waals surface area contributed by atoms with Crippen LogP contribution in [0.3, 0.4) is 0 Å². The molecule has 1 heterocycles. The van der Waals surface area contributed by atoms with Crippen molar-refractivity contribution in [2.75, 3.05) is 46.9 Å². The Morgan fingerprint density at radius 2 is 1.66 bits per heavy atom. The number of methoxy groups -OCH3 is 2. The number of nitrogens with zero attached hydrogens (tertiary/aromatic N) is 2. The van der Waals surface area contributed by atoms with Crippen LogP contribution in [0.4, 0.5) is 0 Å². The zero-order valence-corrected chi connectivity index (χ0v) is 23.0. The number of benzene rings is 3. The fourth-order valence-electron chi connectivity index (χ4n) is 4.31. The van der Waals surface area contributed by atoms with Crippen LogP contribution in [0.1, 0.15) is 27.6 Å². The van der Waals surface area contributed by atoms with Crippen LogP contribution in [0.25, 0.3) is 0 Å². The third-order valence-electron chi connectivity index (χ3n) is 6.48. The van der Waals surface area contributed by atoms with E-state index in [1.165, 1.54) is 17.5 Å². The van der Waals surface area contributed by atoms with Gasteiger partial charge in [-0.05, 0) is 53.6 Å². The molecule has 4 rings (SSSR count). The van der Waals surface area contributed by atoms with Gasteiger partial charge in [0.2, 0.25) is 10.0 Å². The van der Waals surface area contributed by atoms with E-state index in [0.29, 0.717) is 49.9 Å². The van der Waals surface area contributed by atoms with Gasteiger partial charge in [0.15, 0.2) is 0 Å². The number of carbonyl (C=O) groups excluding carboxylic acids is 1. The van der Waals surface area contributed by atoms with Crippen LogP contribution >= 0.6 is 11.6 Å². The highest BCUT2D eigenvalue weighted by Crippen LogP contribution is 2.26. The summed E-state index contributed by atoms with van der Waals surface area (Å²) in [7, 11) is -0.640. The summed E-state index contributed by atoms with van der Waals surface area (Å²) in [5.74, 6) is 0.346. The summed E-state index contributed by atoms with van der Waals surface area (Å²) in [5.41, 5.74) is 2.36. The smallest absolute Gasteiger partial charge is 0.337 e. The number of sulfonamides is 1. The second-order valence-corrected chi connectivity index (χ2v) is 11.3. The molecule has 0 aromatic heterocycles. The molecule has 0 unspecified atom stereocenters. The van der Waals surface area contributed by atoms with Crippen LogP contribution < -0.4 is 4.74 Å². The standard InChI is InChI=1S/C28H31ClN2O6S/c1-35-25-7-3-5-23(17-25)27(37-20-21-9-11-22(12-10-21)28(32)36-2)19-30-13-15-31(16-14-30)38(33,34)26-8-4-6-24(29)18-26/h3-12,17-18,27H,13-16,19-20H2,1-2H3/t27-/m0/s1. The van der Waals surface area contributed by atoms with Crippen molar-refractivity contribution in [2.24, 2.45) is 0 Å². The van der Waals surface area contributed by atoms with E-state index < -0.39 is 10.0 Å². The highest BCUT2D eigenvalue weighted by molar-refractivity contribution is 7.89. The number of esters is 1. The van der Waals surface area contributed by atoms with Gasteiger partial charge in [-0.1, -0.05) is 41.9 Å². The van der Waals surface area contributed by atoms with Crippen LogP contribution in [0.2, 0.25) is 5.02 Å². The molecule has 0 amide bonds. The van der Waals surface area contributed by atoms with Crippen molar-refractivity contribution in [3.8, 4) is 5.75 Å². The van der Waals surface area contributed by atoms with E-state index in [-0.39, 0.29) is 17.0 Å². The largest absolute Gasteiger partial charge is 0.497 e. The Kier molecular flexibility index (Phi) is 9.40. The fourth-order valence-corrected chi connectivity index (χ4v) is 6.03. The first kappa shape index (κ1) is 28.1. The molecule has 0 radical (unpaired) electrons. The quantitative estimate of drug-likeness (QED) is 0.341. The van der Waals surface area contributed by atoms with Gasteiger partial charge in [0.05, 0.1) is 37.4 Å². The van der Waals surface area contributed by atoms with Crippen LogP contribution in [0.5, 0.6) is 5.75 Å². The Bertz CT molecular complexity index is 1340. The van der Waals surface area contributed by atoms with E-state index in [4.69, 9.17) is 25.8 Å². The topological polar surface area (TPSA) is 85.4 Å². The van der Waals surface area contributed by atoms with Gasteiger partial charge in [-0.15, -0.1) is 0 Å². The molecule has 0 spiro atoms. The lowest BCUT2D eigenvalue weighted by Gasteiger charge is -2.36. The van der Waals surface area contributed by atoms with Crippen LogP contribution in [0, 0.1) is 0 Å².